The summed E-state index contributed by atoms with van der Waals surface area (Å²) in [5.74, 6) is 0. The third-order valence-corrected chi connectivity index (χ3v) is 2.83. The molecular formula is C13H22F3N3. The SMILES string of the molecule is CC(C)NCCCCCCn1cc(C(F)(F)F)cn1. The monoisotopic (exact) mass is 277 g/mol. The molecule has 6 heteroatoms. The molecule has 3 nitrogen and oxygen atoms in total. The van der Waals surface area contributed by atoms with Gasteiger partial charge in [-0.2, -0.15) is 18.3 Å². The number of rotatable bonds is 8. The highest BCUT2D eigenvalue weighted by atomic mass is 19.4. The maximum absolute atomic E-state index is 12.3. The molecule has 0 fully saturated rings. The van der Waals surface area contributed by atoms with Gasteiger partial charge in [-0.05, 0) is 19.4 Å². The van der Waals surface area contributed by atoms with Crippen molar-refractivity contribution < 1.29 is 13.2 Å². The average Bonchev–Trinajstić information content (AvgIpc) is 2.75. The van der Waals surface area contributed by atoms with E-state index in [0.717, 1.165) is 44.6 Å². The van der Waals surface area contributed by atoms with E-state index in [-0.39, 0.29) is 0 Å². The van der Waals surface area contributed by atoms with Crippen molar-refractivity contribution in [2.24, 2.45) is 0 Å². The van der Waals surface area contributed by atoms with Gasteiger partial charge in [0, 0.05) is 18.8 Å². The minimum atomic E-state index is -4.29. The molecule has 0 spiro atoms. The quantitative estimate of drug-likeness (QED) is 0.737. The Morgan fingerprint density at radius 1 is 1.21 bits per heavy atom. The number of aromatic nitrogens is 2. The number of hydrogen-bond acceptors (Lipinski definition) is 2. The number of hydrogen-bond donors (Lipinski definition) is 1. The van der Waals surface area contributed by atoms with E-state index in [2.05, 4.69) is 24.3 Å². The van der Waals surface area contributed by atoms with Crippen LogP contribution in [0, 0.1) is 0 Å². The highest BCUT2D eigenvalue weighted by Crippen LogP contribution is 2.28. The molecule has 1 aromatic rings. The summed E-state index contributed by atoms with van der Waals surface area (Å²) < 4.78 is 38.4. The molecule has 0 aliphatic carbocycles. The molecule has 0 amide bonds. The van der Waals surface area contributed by atoms with Gasteiger partial charge in [0.05, 0.1) is 11.8 Å². The topological polar surface area (TPSA) is 29.9 Å². The predicted octanol–water partition coefficient (Wildman–Crippen LogP) is 3.46. The first kappa shape index (κ1) is 16.0. The zero-order chi connectivity index (χ0) is 14.3. The van der Waals surface area contributed by atoms with E-state index >= 15 is 0 Å². The van der Waals surface area contributed by atoms with Gasteiger partial charge in [0.25, 0.3) is 0 Å². The Morgan fingerprint density at radius 2 is 1.89 bits per heavy atom. The van der Waals surface area contributed by atoms with E-state index in [4.69, 9.17) is 0 Å². The first-order valence-electron chi connectivity index (χ1n) is 6.72. The zero-order valence-electron chi connectivity index (χ0n) is 11.5. The molecule has 1 rings (SSSR count). The number of unbranched alkanes of at least 4 members (excludes halogenated alkanes) is 3. The van der Waals surface area contributed by atoms with Gasteiger partial charge in [0.1, 0.15) is 0 Å². The highest BCUT2D eigenvalue weighted by molar-refractivity contribution is 5.08. The second-order valence-electron chi connectivity index (χ2n) is 5.01. The van der Waals surface area contributed by atoms with E-state index in [0.29, 0.717) is 12.6 Å². The Bertz CT molecular complexity index is 358. The fourth-order valence-electron chi connectivity index (χ4n) is 1.78. The van der Waals surface area contributed by atoms with Crippen LogP contribution in [0.2, 0.25) is 0 Å². The summed E-state index contributed by atoms with van der Waals surface area (Å²) >= 11 is 0. The third-order valence-electron chi connectivity index (χ3n) is 2.83. The average molecular weight is 277 g/mol. The Morgan fingerprint density at radius 3 is 2.47 bits per heavy atom. The van der Waals surface area contributed by atoms with E-state index in [9.17, 15) is 13.2 Å². The summed E-state index contributed by atoms with van der Waals surface area (Å²) in [6.45, 7) is 5.76. The van der Waals surface area contributed by atoms with Crippen LogP contribution in [-0.2, 0) is 12.7 Å². The summed E-state index contributed by atoms with van der Waals surface area (Å²) in [6.07, 6.45) is 1.73. The summed E-state index contributed by atoms with van der Waals surface area (Å²) in [5.41, 5.74) is -0.673. The van der Waals surface area contributed by atoms with E-state index in [1.165, 1.54) is 4.68 Å². The van der Waals surface area contributed by atoms with E-state index in [1.807, 2.05) is 0 Å². The van der Waals surface area contributed by atoms with Gasteiger partial charge in [-0.15, -0.1) is 0 Å². The van der Waals surface area contributed by atoms with Gasteiger partial charge in [-0.25, -0.2) is 0 Å². The molecule has 19 heavy (non-hydrogen) atoms. The Balaban J connectivity index is 2.11. The lowest BCUT2D eigenvalue weighted by Crippen LogP contribution is -2.23. The molecule has 0 aliphatic heterocycles. The van der Waals surface area contributed by atoms with Crippen LogP contribution in [0.15, 0.2) is 12.4 Å². The summed E-state index contributed by atoms with van der Waals surface area (Å²) in [6, 6.07) is 0.505. The molecule has 0 aliphatic rings. The van der Waals surface area contributed by atoms with Crippen molar-refractivity contribution in [3.63, 3.8) is 0 Å². The van der Waals surface area contributed by atoms with Crippen LogP contribution in [-0.4, -0.2) is 22.4 Å². The lowest BCUT2D eigenvalue weighted by Gasteiger charge is -2.07. The van der Waals surface area contributed by atoms with Crippen molar-refractivity contribution in [3.8, 4) is 0 Å². The second-order valence-corrected chi connectivity index (χ2v) is 5.01. The fourth-order valence-corrected chi connectivity index (χ4v) is 1.78. The first-order valence-corrected chi connectivity index (χ1v) is 6.72. The summed E-state index contributed by atoms with van der Waals surface area (Å²) in [4.78, 5) is 0. The van der Waals surface area contributed by atoms with Crippen LogP contribution in [0.1, 0.15) is 45.1 Å². The largest absolute Gasteiger partial charge is 0.419 e. The molecule has 110 valence electrons. The molecule has 0 saturated carbocycles. The molecular weight excluding hydrogens is 255 g/mol. The van der Waals surface area contributed by atoms with Crippen molar-refractivity contribution in [3.05, 3.63) is 18.0 Å². The molecule has 0 radical (unpaired) electrons. The van der Waals surface area contributed by atoms with Crippen LogP contribution in [0.3, 0.4) is 0 Å². The minimum Gasteiger partial charge on any atom is -0.315 e. The van der Waals surface area contributed by atoms with Crippen molar-refractivity contribution in [1.82, 2.24) is 15.1 Å². The van der Waals surface area contributed by atoms with E-state index < -0.39 is 11.7 Å². The van der Waals surface area contributed by atoms with Gasteiger partial charge in [0.2, 0.25) is 0 Å². The van der Waals surface area contributed by atoms with Gasteiger partial charge in [-0.3, -0.25) is 4.68 Å². The zero-order valence-corrected chi connectivity index (χ0v) is 11.5. The summed E-state index contributed by atoms with van der Waals surface area (Å²) in [5, 5.41) is 7.06. The van der Waals surface area contributed by atoms with Crippen LogP contribution in [0.25, 0.3) is 0 Å². The number of nitrogens with zero attached hydrogens (tertiary/aromatic N) is 2. The standard InChI is InChI=1S/C13H22F3N3/c1-11(2)17-7-5-3-4-6-8-19-10-12(9-18-19)13(14,15)16/h9-11,17H,3-8H2,1-2H3. The number of alkyl halides is 3. The second kappa shape index (κ2) is 7.53. The van der Waals surface area contributed by atoms with Gasteiger partial charge >= 0.3 is 6.18 Å². The molecule has 1 aromatic heterocycles. The Kier molecular flexibility index (Phi) is 6.34. The molecule has 0 aromatic carbocycles. The maximum atomic E-state index is 12.3. The number of aryl methyl sites for hydroxylation is 1. The predicted molar refractivity (Wildman–Crippen MR) is 68.8 cm³/mol. The molecule has 0 unspecified atom stereocenters. The van der Waals surface area contributed by atoms with Crippen molar-refractivity contribution in [1.29, 1.82) is 0 Å². The van der Waals surface area contributed by atoms with E-state index in [1.54, 1.807) is 0 Å². The fraction of sp³-hybridized carbons (Fsp3) is 0.769. The Labute approximate surface area is 112 Å². The lowest BCUT2D eigenvalue weighted by molar-refractivity contribution is -0.137. The van der Waals surface area contributed by atoms with Crippen LogP contribution >= 0.6 is 0 Å². The normalized spacial score (nSPS) is 12.3. The molecule has 1 N–H and O–H groups in total. The van der Waals surface area contributed by atoms with Crippen molar-refractivity contribution in [2.75, 3.05) is 6.54 Å². The maximum Gasteiger partial charge on any atom is 0.419 e. The molecule has 0 atom stereocenters. The van der Waals surface area contributed by atoms with Crippen molar-refractivity contribution >= 4 is 0 Å². The first-order chi connectivity index (χ1) is 8.89. The summed E-state index contributed by atoms with van der Waals surface area (Å²) in [7, 11) is 0. The minimum absolute atomic E-state index is 0.505. The Hall–Kier alpha value is -1.04. The number of nitrogens with one attached hydrogen (secondary N) is 1. The van der Waals surface area contributed by atoms with Crippen LogP contribution < -0.4 is 5.32 Å². The molecule has 0 bridgehead atoms. The smallest absolute Gasteiger partial charge is 0.315 e. The van der Waals surface area contributed by atoms with Crippen molar-refractivity contribution in [2.45, 2.75) is 58.3 Å². The lowest BCUT2D eigenvalue weighted by atomic mass is 10.2. The third kappa shape index (κ3) is 6.61. The molecule has 1 heterocycles. The molecule has 0 saturated heterocycles. The highest BCUT2D eigenvalue weighted by Gasteiger charge is 2.31. The van der Waals surface area contributed by atoms with Crippen LogP contribution in [0.4, 0.5) is 13.2 Å². The van der Waals surface area contributed by atoms with Gasteiger partial charge in [0.15, 0.2) is 0 Å². The van der Waals surface area contributed by atoms with Gasteiger partial charge < -0.3 is 5.32 Å². The number of halogens is 3. The van der Waals surface area contributed by atoms with Crippen LogP contribution in [0.5, 0.6) is 0 Å². The van der Waals surface area contributed by atoms with Gasteiger partial charge in [-0.1, -0.05) is 26.7 Å².